The van der Waals surface area contributed by atoms with E-state index >= 15 is 0 Å². The summed E-state index contributed by atoms with van der Waals surface area (Å²) in [6, 6.07) is 12.5. The Morgan fingerprint density at radius 1 is 1.11 bits per heavy atom. The lowest BCUT2D eigenvalue weighted by atomic mass is 9.93. The van der Waals surface area contributed by atoms with E-state index in [1.54, 1.807) is 0 Å². The van der Waals surface area contributed by atoms with E-state index < -0.39 is 0 Å². The molecule has 0 aliphatic carbocycles. The largest absolute Gasteiger partial charge is 0.349 e. The smallest absolute Gasteiger partial charge is 0.223 e. The van der Waals surface area contributed by atoms with Crippen molar-refractivity contribution in [3.63, 3.8) is 0 Å². The Balaban J connectivity index is 1.54. The normalized spacial score (nSPS) is 16.8. The van der Waals surface area contributed by atoms with Gasteiger partial charge in [0.25, 0.3) is 0 Å². The van der Waals surface area contributed by atoms with E-state index in [1.165, 1.54) is 22.3 Å². The molecule has 4 heteroatoms. The number of amides is 1. The van der Waals surface area contributed by atoms with Crippen LogP contribution in [0.15, 0.2) is 36.4 Å². The second kappa shape index (κ2) is 9.11. The number of hydrogen-bond donors (Lipinski definition) is 1. The van der Waals surface area contributed by atoms with Gasteiger partial charge in [0.05, 0.1) is 6.04 Å². The zero-order valence-electron chi connectivity index (χ0n) is 17.4. The van der Waals surface area contributed by atoms with Gasteiger partial charge in [0.1, 0.15) is 0 Å². The first kappa shape index (κ1) is 20.9. The molecule has 1 atom stereocenters. The van der Waals surface area contributed by atoms with E-state index in [-0.39, 0.29) is 17.9 Å². The van der Waals surface area contributed by atoms with E-state index in [1.807, 2.05) is 18.2 Å². The van der Waals surface area contributed by atoms with Gasteiger partial charge in [-0.15, -0.1) is 0 Å². The molecule has 1 saturated heterocycles. The van der Waals surface area contributed by atoms with E-state index in [9.17, 15) is 4.79 Å². The zero-order valence-corrected chi connectivity index (χ0v) is 18.1. The van der Waals surface area contributed by atoms with Crippen LogP contribution in [0.4, 0.5) is 0 Å². The minimum Gasteiger partial charge on any atom is -0.349 e. The quantitative estimate of drug-likeness (QED) is 0.735. The summed E-state index contributed by atoms with van der Waals surface area (Å²) in [5, 5.41) is 4.07. The molecule has 1 amide bonds. The molecule has 0 aromatic heterocycles. The second-order valence-corrected chi connectivity index (χ2v) is 8.57. The summed E-state index contributed by atoms with van der Waals surface area (Å²) in [4.78, 5) is 15.2. The summed E-state index contributed by atoms with van der Waals surface area (Å²) >= 11 is 6.28. The number of hydrogen-bond acceptors (Lipinski definition) is 2. The molecular formula is C24H31ClN2O. The van der Waals surface area contributed by atoms with Crippen molar-refractivity contribution >= 4 is 17.5 Å². The minimum absolute atomic E-state index is 0.0351. The third-order valence-electron chi connectivity index (χ3n) is 6.02. The van der Waals surface area contributed by atoms with E-state index in [4.69, 9.17) is 11.6 Å². The maximum Gasteiger partial charge on any atom is 0.223 e. The van der Waals surface area contributed by atoms with Crippen LogP contribution in [0, 0.1) is 26.7 Å². The van der Waals surface area contributed by atoms with E-state index in [0.717, 1.165) is 43.1 Å². The zero-order chi connectivity index (χ0) is 20.3. The molecule has 2 aromatic carbocycles. The number of rotatable bonds is 5. The van der Waals surface area contributed by atoms with Crippen molar-refractivity contribution in [1.29, 1.82) is 0 Å². The molecule has 1 aliphatic rings. The van der Waals surface area contributed by atoms with Crippen molar-refractivity contribution in [3.8, 4) is 0 Å². The third kappa shape index (κ3) is 4.95. The number of piperidine rings is 1. The first-order chi connectivity index (χ1) is 13.3. The number of benzene rings is 2. The summed E-state index contributed by atoms with van der Waals surface area (Å²) in [7, 11) is 0. The molecule has 3 nitrogen and oxygen atoms in total. The Bertz CT molecular complexity index is 840. The SMILES string of the molecule is Cc1cc(C)c(C(C)NC(=O)C2CCN(Cc3ccccc3Cl)CC2)cc1C. The standard InChI is InChI=1S/C24H31ClN2O/c1-16-13-18(3)22(14-17(16)2)19(4)26-24(28)20-9-11-27(12-10-20)15-21-7-5-6-8-23(21)25/h5-8,13-14,19-20H,9-12,15H2,1-4H3,(H,26,28). The van der Waals surface area contributed by atoms with Gasteiger partial charge in [-0.05, 0) is 87.5 Å². The fraction of sp³-hybridized carbons (Fsp3) is 0.458. The van der Waals surface area contributed by atoms with Gasteiger partial charge in [0, 0.05) is 17.5 Å². The molecule has 0 saturated carbocycles. The van der Waals surface area contributed by atoms with Crippen LogP contribution in [0.2, 0.25) is 5.02 Å². The maximum atomic E-state index is 12.8. The van der Waals surface area contributed by atoms with E-state index in [0.29, 0.717) is 0 Å². The molecule has 28 heavy (non-hydrogen) atoms. The Morgan fingerprint density at radius 3 is 2.43 bits per heavy atom. The molecule has 2 aromatic rings. The van der Waals surface area contributed by atoms with Gasteiger partial charge in [0.2, 0.25) is 5.91 Å². The third-order valence-corrected chi connectivity index (χ3v) is 6.39. The lowest BCUT2D eigenvalue weighted by molar-refractivity contribution is -0.127. The first-order valence-corrected chi connectivity index (χ1v) is 10.6. The highest BCUT2D eigenvalue weighted by atomic mass is 35.5. The summed E-state index contributed by atoms with van der Waals surface area (Å²) < 4.78 is 0. The number of likely N-dealkylation sites (tertiary alicyclic amines) is 1. The molecule has 0 bridgehead atoms. The lowest BCUT2D eigenvalue weighted by Gasteiger charge is -2.32. The number of halogens is 1. The molecule has 0 spiro atoms. The molecular weight excluding hydrogens is 368 g/mol. The fourth-order valence-corrected chi connectivity index (χ4v) is 4.27. The Morgan fingerprint density at radius 2 is 1.75 bits per heavy atom. The Kier molecular flexibility index (Phi) is 6.79. The highest BCUT2D eigenvalue weighted by molar-refractivity contribution is 6.31. The number of nitrogens with one attached hydrogen (secondary N) is 1. The summed E-state index contributed by atoms with van der Waals surface area (Å²) in [6.07, 6.45) is 1.80. The topological polar surface area (TPSA) is 32.3 Å². The van der Waals surface area contributed by atoms with Crippen molar-refractivity contribution in [2.24, 2.45) is 5.92 Å². The van der Waals surface area contributed by atoms with Gasteiger partial charge in [-0.1, -0.05) is 41.9 Å². The van der Waals surface area contributed by atoms with Gasteiger partial charge in [0.15, 0.2) is 0 Å². The number of carbonyl (C=O) groups is 1. The molecule has 1 aliphatic heterocycles. The highest BCUT2D eigenvalue weighted by Gasteiger charge is 2.26. The number of nitrogens with zero attached hydrogens (tertiary/aromatic N) is 1. The van der Waals surface area contributed by atoms with Gasteiger partial charge in [-0.25, -0.2) is 0 Å². The van der Waals surface area contributed by atoms with E-state index in [2.05, 4.69) is 56.1 Å². The maximum absolute atomic E-state index is 12.8. The lowest BCUT2D eigenvalue weighted by Crippen LogP contribution is -2.41. The highest BCUT2D eigenvalue weighted by Crippen LogP contribution is 2.25. The molecule has 1 unspecified atom stereocenters. The Hall–Kier alpha value is -1.84. The first-order valence-electron chi connectivity index (χ1n) is 10.2. The Labute approximate surface area is 174 Å². The predicted octanol–water partition coefficient (Wildman–Crippen LogP) is 5.35. The average Bonchev–Trinajstić information content (AvgIpc) is 2.67. The van der Waals surface area contributed by atoms with Gasteiger partial charge in [-0.3, -0.25) is 9.69 Å². The molecule has 1 fully saturated rings. The van der Waals surface area contributed by atoms with Crippen LogP contribution in [-0.4, -0.2) is 23.9 Å². The summed E-state index contributed by atoms with van der Waals surface area (Å²) in [6.45, 7) is 11.2. The van der Waals surface area contributed by atoms with Gasteiger partial charge in [-0.2, -0.15) is 0 Å². The minimum atomic E-state index is 0.0351. The van der Waals surface area contributed by atoms with Crippen molar-refractivity contribution in [2.75, 3.05) is 13.1 Å². The molecule has 3 rings (SSSR count). The molecule has 1 N–H and O–H groups in total. The molecule has 0 radical (unpaired) electrons. The fourth-order valence-electron chi connectivity index (χ4n) is 4.08. The monoisotopic (exact) mass is 398 g/mol. The second-order valence-electron chi connectivity index (χ2n) is 8.17. The molecule has 150 valence electrons. The van der Waals surface area contributed by atoms with Crippen LogP contribution in [-0.2, 0) is 11.3 Å². The number of carbonyl (C=O) groups excluding carboxylic acids is 1. The van der Waals surface area contributed by atoms with Gasteiger partial charge >= 0.3 is 0 Å². The van der Waals surface area contributed by atoms with Crippen LogP contribution in [0.25, 0.3) is 0 Å². The van der Waals surface area contributed by atoms with Crippen molar-refractivity contribution in [3.05, 3.63) is 69.2 Å². The number of aryl methyl sites for hydroxylation is 3. The van der Waals surface area contributed by atoms with Gasteiger partial charge < -0.3 is 5.32 Å². The van der Waals surface area contributed by atoms with Crippen LogP contribution in [0.1, 0.15) is 53.6 Å². The van der Waals surface area contributed by atoms with Crippen molar-refractivity contribution in [1.82, 2.24) is 10.2 Å². The van der Waals surface area contributed by atoms with Crippen LogP contribution in [0.3, 0.4) is 0 Å². The van der Waals surface area contributed by atoms with Crippen LogP contribution in [0.5, 0.6) is 0 Å². The predicted molar refractivity (Wildman–Crippen MR) is 117 cm³/mol. The van der Waals surface area contributed by atoms with Crippen molar-refractivity contribution < 1.29 is 4.79 Å². The summed E-state index contributed by atoms with van der Waals surface area (Å²) in [5.41, 5.74) is 6.18. The summed E-state index contributed by atoms with van der Waals surface area (Å²) in [5.74, 6) is 0.277. The molecule has 1 heterocycles. The van der Waals surface area contributed by atoms with Crippen LogP contribution >= 0.6 is 11.6 Å². The van der Waals surface area contributed by atoms with Crippen molar-refractivity contribution in [2.45, 2.75) is 53.1 Å². The van der Waals surface area contributed by atoms with Crippen LogP contribution < -0.4 is 5.32 Å². The average molecular weight is 399 g/mol.